The largest absolute Gasteiger partial charge is 0.495 e. The fourth-order valence-corrected chi connectivity index (χ4v) is 4.46. The second-order valence-electron chi connectivity index (χ2n) is 7.38. The first-order valence-electron chi connectivity index (χ1n) is 9.92. The van der Waals surface area contributed by atoms with Crippen LogP contribution in [0.3, 0.4) is 0 Å². The standard InChI is InChI=1S/C25H21ClN2O3S/c1-15-7-10-19(11-8-15)32-23-22(27-18-6-4-5-16(2)13-18)24(29)28(25(23)30)20-14-17(26)9-12-21(20)31-3/h4-14,27H,1-3H3. The van der Waals surface area contributed by atoms with Crippen LogP contribution in [-0.4, -0.2) is 18.9 Å². The molecule has 0 spiro atoms. The van der Waals surface area contributed by atoms with Gasteiger partial charge in [0.25, 0.3) is 11.8 Å². The summed E-state index contributed by atoms with van der Waals surface area (Å²) in [5, 5.41) is 3.57. The topological polar surface area (TPSA) is 58.6 Å². The third-order valence-electron chi connectivity index (χ3n) is 4.95. The van der Waals surface area contributed by atoms with E-state index in [0.717, 1.165) is 26.6 Å². The molecule has 7 heteroatoms. The van der Waals surface area contributed by atoms with Crippen LogP contribution in [0, 0.1) is 13.8 Å². The lowest BCUT2D eigenvalue weighted by Crippen LogP contribution is -2.32. The zero-order valence-corrected chi connectivity index (χ0v) is 19.4. The Morgan fingerprint density at radius 1 is 0.906 bits per heavy atom. The summed E-state index contributed by atoms with van der Waals surface area (Å²) < 4.78 is 5.39. The summed E-state index contributed by atoms with van der Waals surface area (Å²) in [4.78, 5) is 29.3. The fraction of sp³-hybridized carbons (Fsp3) is 0.120. The zero-order valence-electron chi connectivity index (χ0n) is 17.8. The summed E-state index contributed by atoms with van der Waals surface area (Å²) in [7, 11) is 1.49. The van der Waals surface area contributed by atoms with Gasteiger partial charge < -0.3 is 10.1 Å². The van der Waals surface area contributed by atoms with E-state index in [2.05, 4.69) is 5.32 Å². The number of anilines is 2. The van der Waals surface area contributed by atoms with Gasteiger partial charge in [0.05, 0.1) is 12.8 Å². The number of imide groups is 1. The second-order valence-corrected chi connectivity index (χ2v) is 8.90. The Labute approximate surface area is 196 Å². The van der Waals surface area contributed by atoms with Crippen LogP contribution in [0.2, 0.25) is 5.02 Å². The number of nitrogens with zero attached hydrogens (tertiary/aromatic N) is 1. The number of rotatable bonds is 6. The number of hydrogen-bond donors (Lipinski definition) is 1. The Morgan fingerprint density at radius 2 is 1.66 bits per heavy atom. The summed E-state index contributed by atoms with van der Waals surface area (Å²) in [5.41, 5.74) is 3.39. The first-order valence-corrected chi connectivity index (χ1v) is 11.1. The summed E-state index contributed by atoms with van der Waals surface area (Å²) in [6.07, 6.45) is 0. The number of hydrogen-bond acceptors (Lipinski definition) is 5. The van der Waals surface area contributed by atoms with Crippen molar-refractivity contribution < 1.29 is 14.3 Å². The lowest BCUT2D eigenvalue weighted by molar-refractivity contribution is -0.120. The lowest BCUT2D eigenvalue weighted by atomic mass is 10.2. The van der Waals surface area contributed by atoms with Crippen molar-refractivity contribution in [3.8, 4) is 5.75 Å². The molecule has 5 nitrogen and oxygen atoms in total. The highest BCUT2D eigenvalue weighted by Gasteiger charge is 2.41. The molecule has 32 heavy (non-hydrogen) atoms. The number of ether oxygens (including phenoxy) is 1. The summed E-state index contributed by atoms with van der Waals surface area (Å²) >= 11 is 7.42. The lowest BCUT2D eigenvalue weighted by Gasteiger charge is -2.18. The van der Waals surface area contributed by atoms with Gasteiger partial charge in [-0.05, 0) is 61.9 Å². The molecule has 3 aromatic carbocycles. The van der Waals surface area contributed by atoms with E-state index in [4.69, 9.17) is 16.3 Å². The molecule has 0 saturated carbocycles. The average Bonchev–Trinajstić information content (AvgIpc) is 2.99. The SMILES string of the molecule is COc1ccc(Cl)cc1N1C(=O)C(Nc2cccc(C)c2)=C(Sc2ccc(C)cc2)C1=O. The van der Waals surface area contributed by atoms with Gasteiger partial charge >= 0.3 is 0 Å². The van der Waals surface area contributed by atoms with E-state index in [-0.39, 0.29) is 5.70 Å². The van der Waals surface area contributed by atoms with Gasteiger partial charge in [0.1, 0.15) is 16.4 Å². The molecule has 1 aliphatic rings. The van der Waals surface area contributed by atoms with Crippen molar-refractivity contribution >= 4 is 46.6 Å². The molecule has 162 valence electrons. The Hall–Kier alpha value is -3.22. The van der Waals surface area contributed by atoms with Gasteiger partial charge in [0.2, 0.25) is 0 Å². The number of aryl methyl sites for hydroxylation is 2. The molecule has 0 atom stereocenters. The van der Waals surface area contributed by atoms with Gasteiger partial charge in [-0.3, -0.25) is 9.59 Å². The minimum Gasteiger partial charge on any atom is -0.495 e. The van der Waals surface area contributed by atoms with Crippen molar-refractivity contribution in [2.24, 2.45) is 0 Å². The quantitative estimate of drug-likeness (QED) is 0.456. The highest BCUT2D eigenvalue weighted by atomic mass is 35.5. The van der Waals surface area contributed by atoms with Gasteiger partial charge in [-0.15, -0.1) is 0 Å². The number of carbonyl (C=O) groups is 2. The third-order valence-corrected chi connectivity index (χ3v) is 6.28. The van der Waals surface area contributed by atoms with E-state index in [9.17, 15) is 9.59 Å². The maximum absolute atomic E-state index is 13.5. The van der Waals surface area contributed by atoms with Crippen LogP contribution in [-0.2, 0) is 9.59 Å². The number of thioether (sulfide) groups is 1. The summed E-state index contributed by atoms with van der Waals surface area (Å²) in [5.74, 6) is -0.518. The van der Waals surface area contributed by atoms with Gasteiger partial charge in [-0.2, -0.15) is 0 Å². The van der Waals surface area contributed by atoms with Crippen LogP contribution in [0.4, 0.5) is 11.4 Å². The molecule has 1 heterocycles. The molecule has 2 amide bonds. The van der Waals surface area contributed by atoms with Crippen molar-refractivity contribution in [2.75, 3.05) is 17.3 Å². The molecule has 0 radical (unpaired) electrons. The van der Waals surface area contributed by atoms with E-state index in [0.29, 0.717) is 21.4 Å². The number of nitrogens with one attached hydrogen (secondary N) is 1. The minimum absolute atomic E-state index is 0.216. The van der Waals surface area contributed by atoms with Gasteiger partial charge in [-0.1, -0.05) is 53.2 Å². The van der Waals surface area contributed by atoms with Gasteiger partial charge in [0, 0.05) is 15.6 Å². The molecule has 0 fully saturated rings. The van der Waals surface area contributed by atoms with E-state index >= 15 is 0 Å². The molecule has 1 aliphatic heterocycles. The second kappa shape index (κ2) is 9.10. The Balaban J connectivity index is 1.79. The van der Waals surface area contributed by atoms with Crippen molar-refractivity contribution in [3.63, 3.8) is 0 Å². The van der Waals surface area contributed by atoms with E-state index in [1.807, 2.05) is 62.4 Å². The monoisotopic (exact) mass is 464 g/mol. The van der Waals surface area contributed by atoms with Crippen molar-refractivity contribution in [1.82, 2.24) is 0 Å². The Kier molecular flexibility index (Phi) is 6.26. The Morgan fingerprint density at radius 3 is 2.34 bits per heavy atom. The molecule has 0 saturated heterocycles. The molecule has 0 unspecified atom stereocenters. The molecule has 0 aromatic heterocycles. The number of halogens is 1. The summed E-state index contributed by atoms with van der Waals surface area (Å²) in [6, 6.07) is 20.3. The predicted octanol–water partition coefficient (Wildman–Crippen LogP) is 5.95. The van der Waals surface area contributed by atoms with Crippen LogP contribution in [0.1, 0.15) is 11.1 Å². The predicted molar refractivity (Wildman–Crippen MR) is 129 cm³/mol. The minimum atomic E-state index is -0.466. The first-order chi connectivity index (χ1) is 15.4. The highest BCUT2D eigenvalue weighted by molar-refractivity contribution is 8.04. The van der Waals surface area contributed by atoms with Crippen molar-refractivity contribution in [2.45, 2.75) is 18.7 Å². The van der Waals surface area contributed by atoms with E-state index < -0.39 is 11.8 Å². The fourth-order valence-electron chi connectivity index (χ4n) is 3.36. The molecule has 0 aliphatic carbocycles. The van der Waals surface area contributed by atoms with E-state index in [1.54, 1.807) is 18.2 Å². The molecule has 0 bridgehead atoms. The van der Waals surface area contributed by atoms with Crippen LogP contribution >= 0.6 is 23.4 Å². The Bertz CT molecular complexity index is 1240. The number of benzene rings is 3. The van der Waals surface area contributed by atoms with Crippen LogP contribution in [0.5, 0.6) is 5.75 Å². The zero-order chi connectivity index (χ0) is 22.8. The molecular formula is C25H21ClN2O3S. The van der Waals surface area contributed by atoms with E-state index in [1.165, 1.54) is 18.9 Å². The van der Waals surface area contributed by atoms with Crippen LogP contribution in [0.15, 0.2) is 82.2 Å². The number of methoxy groups -OCH3 is 1. The number of carbonyl (C=O) groups excluding carboxylic acids is 2. The average molecular weight is 465 g/mol. The maximum Gasteiger partial charge on any atom is 0.283 e. The summed E-state index contributed by atoms with van der Waals surface area (Å²) in [6.45, 7) is 3.96. The normalized spacial score (nSPS) is 13.7. The first kappa shape index (κ1) is 22.0. The smallest absolute Gasteiger partial charge is 0.283 e. The molecule has 3 aromatic rings. The van der Waals surface area contributed by atoms with Gasteiger partial charge in [0.15, 0.2) is 0 Å². The van der Waals surface area contributed by atoms with Crippen molar-refractivity contribution in [1.29, 1.82) is 0 Å². The third kappa shape index (κ3) is 4.38. The highest BCUT2D eigenvalue weighted by Crippen LogP contribution is 2.41. The maximum atomic E-state index is 13.5. The molecular weight excluding hydrogens is 444 g/mol. The van der Waals surface area contributed by atoms with Crippen molar-refractivity contribution in [3.05, 3.63) is 93.5 Å². The molecule has 4 rings (SSSR count). The van der Waals surface area contributed by atoms with Gasteiger partial charge in [-0.25, -0.2) is 4.90 Å². The molecule has 1 N–H and O–H groups in total. The number of amides is 2. The van der Waals surface area contributed by atoms with Crippen LogP contribution < -0.4 is 15.0 Å². The van der Waals surface area contributed by atoms with Crippen LogP contribution in [0.25, 0.3) is 0 Å².